The van der Waals surface area contributed by atoms with Gasteiger partial charge in [0.1, 0.15) is 18.5 Å². The average molecular weight is 441 g/mol. The summed E-state index contributed by atoms with van der Waals surface area (Å²) in [6.45, 7) is 3.77. The number of benzene rings is 2. The molecule has 0 radical (unpaired) electrons. The van der Waals surface area contributed by atoms with Crippen LogP contribution in [0.1, 0.15) is 16.7 Å². The molecular formula is C22H27F3N2O2S. The summed E-state index contributed by atoms with van der Waals surface area (Å²) >= 11 is 1.93. The van der Waals surface area contributed by atoms with Crippen LogP contribution in [0, 0.1) is 0 Å². The molecule has 8 heteroatoms. The van der Waals surface area contributed by atoms with Crippen LogP contribution in [0.5, 0.6) is 5.75 Å². The number of β-amino-alcohol motifs (C(OH)–C–C–N with tert-alkyl or cyclic N) is 1. The summed E-state index contributed by atoms with van der Waals surface area (Å²) < 4.78 is 43.8. The zero-order valence-corrected chi connectivity index (χ0v) is 17.5. The number of hydrogen-bond donors (Lipinski definition) is 2. The Kier molecular flexibility index (Phi) is 8.44. The molecule has 4 nitrogen and oxygen atoms in total. The summed E-state index contributed by atoms with van der Waals surface area (Å²) in [6, 6.07) is 12.7. The van der Waals surface area contributed by atoms with Gasteiger partial charge < -0.3 is 15.2 Å². The van der Waals surface area contributed by atoms with Gasteiger partial charge in [-0.25, -0.2) is 0 Å². The molecule has 0 saturated carbocycles. The van der Waals surface area contributed by atoms with Crippen molar-refractivity contribution in [2.75, 3.05) is 37.7 Å². The van der Waals surface area contributed by atoms with Gasteiger partial charge in [0, 0.05) is 49.8 Å². The van der Waals surface area contributed by atoms with Crippen molar-refractivity contribution in [1.29, 1.82) is 0 Å². The Balaban J connectivity index is 1.46. The monoisotopic (exact) mass is 440 g/mol. The summed E-state index contributed by atoms with van der Waals surface area (Å²) in [5, 5.41) is 13.5. The Labute approximate surface area is 179 Å². The summed E-state index contributed by atoms with van der Waals surface area (Å²) in [7, 11) is 0. The minimum absolute atomic E-state index is 0.222. The fraction of sp³-hybridized carbons (Fsp3) is 0.455. The number of alkyl halides is 3. The average Bonchev–Trinajstić information content (AvgIpc) is 2.73. The SMILES string of the molecule is O[C@@H](COc1ccccc1CNCc1ccc(C(F)(F)F)cc1)CN1CCSCC1. The van der Waals surface area contributed by atoms with Crippen LogP contribution >= 0.6 is 11.8 Å². The Morgan fingerprint density at radius 3 is 2.43 bits per heavy atom. The van der Waals surface area contributed by atoms with Crippen molar-refractivity contribution in [2.45, 2.75) is 25.4 Å². The standard InChI is InChI=1S/C22H27F3N2O2S/c23-22(24,25)19-7-5-17(6-8-19)13-26-14-18-3-1-2-4-21(18)29-16-20(28)15-27-9-11-30-12-10-27/h1-8,20,26,28H,9-16H2/t20-/m1/s1. The van der Waals surface area contributed by atoms with E-state index in [1.165, 1.54) is 12.1 Å². The van der Waals surface area contributed by atoms with Gasteiger partial charge in [-0.3, -0.25) is 4.90 Å². The van der Waals surface area contributed by atoms with Crippen LogP contribution in [-0.2, 0) is 19.3 Å². The molecule has 1 fully saturated rings. The molecular weight excluding hydrogens is 413 g/mol. The summed E-state index contributed by atoms with van der Waals surface area (Å²) in [5.41, 5.74) is 1.06. The summed E-state index contributed by atoms with van der Waals surface area (Å²) in [4.78, 5) is 2.25. The van der Waals surface area contributed by atoms with Crippen LogP contribution in [0.15, 0.2) is 48.5 Å². The van der Waals surface area contributed by atoms with Gasteiger partial charge in [-0.2, -0.15) is 24.9 Å². The minimum Gasteiger partial charge on any atom is -0.491 e. The third-order valence-corrected chi connectivity index (χ3v) is 5.84. The van der Waals surface area contributed by atoms with Crippen LogP contribution in [-0.4, -0.2) is 53.9 Å². The molecule has 1 aliphatic heterocycles. The van der Waals surface area contributed by atoms with Gasteiger partial charge in [-0.1, -0.05) is 30.3 Å². The number of para-hydroxylation sites is 1. The van der Waals surface area contributed by atoms with Gasteiger partial charge in [0.25, 0.3) is 0 Å². The van der Waals surface area contributed by atoms with E-state index in [9.17, 15) is 18.3 Å². The van der Waals surface area contributed by atoms with E-state index in [1.54, 1.807) is 0 Å². The van der Waals surface area contributed by atoms with Gasteiger partial charge >= 0.3 is 6.18 Å². The minimum atomic E-state index is -4.32. The Hall–Kier alpha value is -1.74. The van der Waals surface area contributed by atoms with Crippen LogP contribution in [0.3, 0.4) is 0 Å². The van der Waals surface area contributed by atoms with Crippen LogP contribution < -0.4 is 10.1 Å². The molecule has 0 spiro atoms. The number of ether oxygens (including phenoxy) is 1. The lowest BCUT2D eigenvalue weighted by molar-refractivity contribution is -0.137. The number of nitrogens with zero attached hydrogens (tertiary/aromatic N) is 1. The Morgan fingerprint density at radius 1 is 1.03 bits per heavy atom. The van der Waals surface area contributed by atoms with Gasteiger partial charge in [-0.05, 0) is 23.8 Å². The molecule has 2 aromatic carbocycles. The van der Waals surface area contributed by atoms with Gasteiger partial charge in [0.05, 0.1) is 5.56 Å². The molecule has 0 bridgehead atoms. The molecule has 164 valence electrons. The lowest BCUT2D eigenvalue weighted by Crippen LogP contribution is -2.40. The van der Waals surface area contributed by atoms with E-state index in [-0.39, 0.29) is 6.61 Å². The second kappa shape index (κ2) is 11.0. The van der Waals surface area contributed by atoms with Crippen molar-refractivity contribution >= 4 is 11.8 Å². The van der Waals surface area contributed by atoms with E-state index in [0.29, 0.717) is 25.4 Å². The lowest BCUT2D eigenvalue weighted by Gasteiger charge is -2.28. The molecule has 1 aliphatic rings. The fourth-order valence-electron chi connectivity index (χ4n) is 3.26. The summed E-state index contributed by atoms with van der Waals surface area (Å²) in [6.07, 6.45) is -4.87. The zero-order chi connectivity index (χ0) is 21.4. The third kappa shape index (κ3) is 7.19. The normalized spacial score (nSPS) is 16.4. The molecule has 0 unspecified atom stereocenters. The van der Waals surface area contributed by atoms with E-state index in [4.69, 9.17) is 4.74 Å². The highest BCUT2D eigenvalue weighted by molar-refractivity contribution is 7.99. The first-order valence-electron chi connectivity index (χ1n) is 9.97. The molecule has 3 rings (SSSR count). The summed E-state index contributed by atoms with van der Waals surface area (Å²) in [5.74, 6) is 2.90. The first kappa shape index (κ1) is 22.9. The highest BCUT2D eigenvalue weighted by atomic mass is 32.2. The smallest absolute Gasteiger partial charge is 0.416 e. The number of thioether (sulfide) groups is 1. The molecule has 0 amide bonds. The van der Waals surface area contributed by atoms with Crippen LogP contribution in [0.25, 0.3) is 0 Å². The number of nitrogens with one attached hydrogen (secondary N) is 1. The highest BCUT2D eigenvalue weighted by Gasteiger charge is 2.29. The third-order valence-electron chi connectivity index (χ3n) is 4.90. The molecule has 30 heavy (non-hydrogen) atoms. The number of aliphatic hydroxyl groups excluding tert-OH is 1. The van der Waals surface area contributed by atoms with Crippen LogP contribution in [0.4, 0.5) is 13.2 Å². The van der Waals surface area contributed by atoms with E-state index >= 15 is 0 Å². The maximum absolute atomic E-state index is 12.6. The molecule has 2 aromatic rings. The predicted octanol–water partition coefficient (Wildman–Crippen LogP) is 3.78. The second-order valence-corrected chi connectivity index (χ2v) is 8.51. The van der Waals surface area contributed by atoms with Crippen LogP contribution in [0.2, 0.25) is 0 Å². The number of rotatable bonds is 9. The second-order valence-electron chi connectivity index (χ2n) is 7.28. The molecule has 2 N–H and O–H groups in total. The van der Waals surface area contributed by atoms with Crippen molar-refractivity contribution in [3.05, 3.63) is 65.2 Å². The van der Waals surface area contributed by atoms with Crippen molar-refractivity contribution in [1.82, 2.24) is 10.2 Å². The predicted molar refractivity (Wildman–Crippen MR) is 114 cm³/mol. The number of aliphatic hydroxyl groups is 1. The maximum Gasteiger partial charge on any atom is 0.416 e. The highest BCUT2D eigenvalue weighted by Crippen LogP contribution is 2.29. The van der Waals surface area contributed by atoms with Crippen molar-refractivity contribution < 1.29 is 23.0 Å². The Morgan fingerprint density at radius 2 is 1.73 bits per heavy atom. The van der Waals surface area contributed by atoms with Gasteiger partial charge in [-0.15, -0.1) is 0 Å². The van der Waals surface area contributed by atoms with E-state index < -0.39 is 17.8 Å². The quantitative estimate of drug-likeness (QED) is 0.621. The van der Waals surface area contributed by atoms with E-state index in [0.717, 1.165) is 47.9 Å². The molecule has 1 heterocycles. The molecule has 0 aliphatic carbocycles. The van der Waals surface area contributed by atoms with Gasteiger partial charge in [0.2, 0.25) is 0 Å². The zero-order valence-electron chi connectivity index (χ0n) is 16.7. The fourth-order valence-corrected chi connectivity index (χ4v) is 4.24. The van der Waals surface area contributed by atoms with E-state index in [2.05, 4.69) is 10.2 Å². The largest absolute Gasteiger partial charge is 0.491 e. The molecule has 1 saturated heterocycles. The number of halogens is 3. The van der Waals surface area contributed by atoms with E-state index in [1.807, 2.05) is 36.0 Å². The van der Waals surface area contributed by atoms with Crippen molar-refractivity contribution in [3.8, 4) is 5.75 Å². The first-order chi connectivity index (χ1) is 14.4. The topological polar surface area (TPSA) is 44.7 Å². The van der Waals surface area contributed by atoms with Crippen molar-refractivity contribution in [3.63, 3.8) is 0 Å². The van der Waals surface area contributed by atoms with Crippen molar-refractivity contribution in [2.24, 2.45) is 0 Å². The number of hydrogen-bond acceptors (Lipinski definition) is 5. The van der Waals surface area contributed by atoms with Gasteiger partial charge in [0.15, 0.2) is 0 Å². The molecule has 0 aromatic heterocycles. The molecule has 1 atom stereocenters. The maximum atomic E-state index is 12.6. The lowest BCUT2D eigenvalue weighted by atomic mass is 10.1. The Bertz CT molecular complexity index is 781. The first-order valence-corrected chi connectivity index (χ1v) is 11.1.